The number of nitrogens with one attached hydrogen (secondary N) is 2. The van der Waals surface area contributed by atoms with Gasteiger partial charge in [-0.2, -0.15) is 11.3 Å². The molecule has 2 aromatic carbocycles. The van der Waals surface area contributed by atoms with Crippen LogP contribution in [0.25, 0.3) is 0 Å². The first-order valence-corrected chi connectivity index (χ1v) is 9.69. The van der Waals surface area contributed by atoms with Crippen LogP contribution in [0.4, 0.5) is 5.69 Å². The van der Waals surface area contributed by atoms with Crippen molar-refractivity contribution in [3.8, 4) is 11.5 Å². The number of ether oxygens (including phenoxy) is 2. The molecule has 0 radical (unpaired) electrons. The molecule has 7 heteroatoms. The number of hydrogen-bond acceptors (Lipinski definition) is 5. The fraction of sp³-hybridized carbons (Fsp3) is 0.143. The van der Waals surface area contributed by atoms with Gasteiger partial charge in [0.05, 0.1) is 22.9 Å². The maximum atomic E-state index is 12.8. The summed E-state index contributed by atoms with van der Waals surface area (Å²) in [5.74, 6) is 0.850. The van der Waals surface area contributed by atoms with E-state index in [-0.39, 0.29) is 24.6 Å². The fourth-order valence-electron chi connectivity index (χ4n) is 2.92. The van der Waals surface area contributed by atoms with Crippen molar-refractivity contribution in [3.05, 3.63) is 76.0 Å². The Labute approximate surface area is 166 Å². The number of amides is 2. The normalized spacial score (nSPS) is 13.0. The van der Waals surface area contributed by atoms with E-state index in [4.69, 9.17) is 9.47 Å². The van der Waals surface area contributed by atoms with Crippen LogP contribution in [0.1, 0.15) is 39.2 Å². The maximum Gasteiger partial charge on any atom is 0.256 e. The van der Waals surface area contributed by atoms with Crippen molar-refractivity contribution in [1.29, 1.82) is 0 Å². The molecule has 1 aliphatic rings. The van der Waals surface area contributed by atoms with E-state index in [0.29, 0.717) is 28.3 Å². The van der Waals surface area contributed by atoms with Crippen LogP contribution in [0, 0.1) is 0 Å². The topological polar surface area (TPSA) is 76.7 Å². The van der Waals surface area contributed by atoms with Crippen molar-refractivity contribution in [1.82, 2.24) is 5.32 Å². The first kappa shape index (κ1) is 18.1. The molecule has 0 spiro atoms. The van der Waals surface area contributed by atoms with Crippen LogP contribution in [0.5, 0.6) is 11.5 Å². The lowest BCUT2D eigenvalue weighted by atomic mass is 10.1. The molecule has 4 rings (SSSR count). The highest BCUT2D eigenvalue weighted by molar-refractivity contribution is 7.08. The first-order chi connectivity index (χ1) is 13.6. The van der Waals surface area contributed by atoms with Gasteiger partial charge in [-0.1, -0.05) is 18.2 Å². The minimum Gasteiger partial charge on any atom is -0.454 e. The second kappa shape index (κ2) is 7.74. The molecule has 2 heterocycles. The Hall–Kier alpha value is -3.32. The van der Waals surface area contributed by atoms with Crippen LogP contribution in [-0.2, 0) is 0 Å². The van der Waals surface area contributed by atoms with E-state index >= 15 is 0 Å². The monoisotopic (exact) mass is 394 g/mol. The number of hydrogen-bond donors (Lipinski definition) is 2. The molecular weight excluding hydrogens is 376 g/mol. The van der Waals surface area contributed by atoms with E-state index in [1.807, 2.05) is 30.5 Å². The minimum atomic E-state index is -0.272. The molecule has 3 aromatic rings. The Morgan fingerprint density at radius 1 is 1.04 bits per heavy atom. The lowest BCUT2D eigenvalue weighted by Crippen LogP contribution is -2.28. The first-order valence-electron chi connectivity index (χ1n) is 8.75. The summed E-state index contributed by atoms with van der Waals surface area (Å²) in [4.78, 5) is 25.2. The summed E-state index contributed by atoms with van der Waals surface area (Å²) in [7, 11) is 0. The van der Waals surface area contributed by atoms with Gasteiger partial charge in [-0.25, -0.2) is 0 Å². The second-order valence-electron chi connectivity index (χ2n) is 6.32. The lowest BCUT2D eigenvalue weighted by Gasteiger charge is -2.17. The van der Waals surface area contributed by atoms with Gasteiger partial charge in [0.1, 0.15) is 0 Å². The molecule has 0 aliphatic carbocycles. The van der Waals surface area contributed by atoms with Crippen molar-refractivity contribution >= 4 is 28.8 Å². The van der Waals surface area contributed by atoms with Crippen LogP contribution >= 0.6 is 11.3 Å². The van der Waals surface area contributed by atoms with Gasteiger partial charge in [-0.15, -0.1) is 0 Å². The Kier molecular flexibility index (Phi) is 4.99. The Balaban J connectivity index is 1.49. The molecule has 2 N–H and O–H groups in total. The van der Waals surface area contributed by atoms with Gasteiger partial charge >= 0.3 is 0 Å². The van der Waals surface area contributed by atoms with E-state index in [1.165, 1.54) is 11.3 Å². The second-order valence-corrected chi connectivity index (χ2v) is 7.10. The number of para-hydroxylation sites is 1. The van der Waals surface area contributed by atoms with Crippen LogP contribution < -0.4 is 20.1 Å². The highest BCUT2D eigenvalue weighted by Gasteiger charge is 2.19. The van der Waals surface area contributed by atoms with Gasteiger partial charge < -0.3 is 20.1 Å². The SMILES string of the molecule is CC(NC(=O)c1ccccc1NC(=O)c1ccsc1)c1ccc2c(c1)OCO2. The molecule has 6 nitrogen and oxygen atoms in total. The van der Waals surface area contributed by atoms with Crippen molar-refractivity contribution in [2.24, 2.45) is 0 Å². The number of thiophene rings is 1. The third kappa shape index (κ3) is 3.70. The molecular formula is C21H18N2O4S. The zero-order valence-electron chi connectivity index (χ0n) is 15.1. The lowest BCUT2D eigenvalue weighted by molar-refractivity contribution is 0.0940. The van der Waals surface area contributed by atoms with Gasteiger partial charge in [-0.05, 0) is 48.2 Å². The van der Waals surface area contributed by atoms with E-state index in [1.54, 1.807) is 35.7 Å². The number of rotatable bonds is 5. The summed E-state index contributed by atoms with van der Waals surface area (Å²) in [5, 5.41) is 9.38. The van der Waals surface area contributed by atoms with Crippen molar-refractivity contribution in [3.63, 3.8) is 0 Å². The predicted molar refractivity (Wildman–Crippen MR) is 107 cm³/mol. The molecule has 1 aliphatic heterocycles. The summed E-state index contributed by atoms with van der Waals surface area (Å²) < 4.78 is 10.7. The molecule has 1 unspecified atom stereocenters. The predicted octanol–water partition coefficient (Wildman–Crippen LogP) is 4.22. The molecule has 28 heavy (non-hydrogen) atoms. The number of carbonyl (C=O) groups is 2. The molecule has 2 amide bonds. The van der Waals surface area contributed by atoms with E-state index in [9.17, 15) is 9.59 Å². The van der Waals surface area contributed by atoms with Crippen molar-refractivity contribution < 1.29 is 19.1 Å². The molecule has 0 fully saturated rings. The standard InChI is InChI=1S/C21H18N2O4S/c1-13(14-6-7-18-19(10-14)27-12-26-18)22-21(25)16-4-2-3-5-17(16)23-20(24)15-8-9-28-11-15/h2-11,13H,12H2,1H3,(H,22,25)(H,23,24). The minimum absolute atomic E-state index is 0.205. The van der Waals surface area contributed by atoms with Crippen LogP contribution in [0.2, 0.25) is 0 Å². The zero-order chi connectivity index (χ0) is 19.5. The summed E-state index contributed by atoms with van der Waals surface area (Å²) in [6.07, 6.45) is 0. The number of anilines is 1. The number of carbonyl (C=O) groups excluding carboxylic acids is 2. The van der Waals surface area contributed by atoms with Crippen LogP contribution in [-0.4, -0.2) is 18.6 Å². The number of benzene rings is 2. The van der Waals surface area contributed by atoms with Crippen molar-refractivity contribution in [2.75, 3.05) is 12.1 Å². The average molecular weight is 394 g/mol. The van der Waals surface area contributed by atoms with Crippen LogP contribution in [0.15, 0.2) is 59.3 Å². The highest BCUT2D eigenvalue weighted by atomic mass is 32.1. The number of fused-ring (bicyclic) bond motifs is 1. The van der Waals surface area contributed by atoms with Gasteiger partial charge in [-0.3, -0.25) is 9.59 Å². The Morgan fingerprint density at radius 2 is 1.86 bits per heavy atom. The third-order valence-electron chi connectivity index (χ3n) is 4.45. The molecule has 142 valence electrons. The summed E-state index contributed by atoms with van der Waals surface area (Å²) in [6, 6.07) is 14.0. The molecule has 1 atom stereocenters. The Morgan fingerprint density at radius 3 is 2.68 bits per heavy atom. The van der Waals surface area contributed by atoms with E-state index in [2.05, 4.69) is 10.6 Å². The zero-order valence-corrected chi connectivity index (χ0v) is 15.9. The quantitative estimate of drug-likeness (QED) is 0.679. The van der Waals surface area contributed by atoms with Gasteiger partial charge in [0, 0.05) is 5.38 Å². The molecule has 0 saturated heterocycles. The smallest absolute Gasteiger partial charge is 0.256 e. The van der Waals surface area contributed by atoms with Crippen molar-refractivity contribution in [2.45, 2.75) is 13.0 Å². The molecule has 0 saturated carbocycles. The summed E-state index contributed by atoms with van der Waals surface area (Å²) >= 11 is 1.44. The van der Waals surface area contributed by atoms with Crippen LogP contribution in [0.3, 0.4) is 0 Å². The van der Waals surface area contributed by atoms with E-state index < -0.39 is 0 Å². The maximum absolute atomic E-state index is 12.8. The molecule has 0 bridgehead atoms. The fourth-order valence-corrected chi connectivity index (χ4v) is 3.55. The van der Waals surface area contributed by atoms with Gasteiger partial charge in [0.2, 0.25) is 6.79 Å². The third-order valence-corrected chi connectivity index (χ3v) is 5.13. The van der Waals surface area contributed by atoms with E-state index in [0.717, 1.165) is 5.56 Å². The largest absolute Gasteiger partial charge is 0.454 e. The average Bonchev–Trinajstić information content (AvgIpc) is 3.39. The Bertz CT molecular complexity index is 1020. The summed E-state index contributed by atoms with van der Waals surface area (Å²) in [6.45, 7) is 2.10. The highest BCUT2D eigenvalue weighted by Crippen LogP contribution is 2.34. The van der Waals surface area contributed by atoms with Gasteiger partial charge in [0.15, 0.2) is 11.5 Å². The summed E-state index contributed by atoms with van der Waals surface area (Å²) in [5.41, 5.74) is 2.33. The van der Waals surface area contributed by atoms with Gasteiger partial charge in [0.25, 0.3) is 11.8 Å². The molecule has 1 aromatic heterocycles.